The third kappa shape index (κ3) is 2.33. The summed E-state index contributed by atoms with van der Waals surface area (Å²) in [5.41, 5.74) is 2.46. The minimum Gasteiger partial charge on any atom is -0.497 e. The second-order valence-electron chi connectivity index (χ2n) is 4.95. The van der Waals surface area contributed by atoms with Crippen molar-refractivity contribution in [3.8, 4) is 5.75 Å². The third-order valence-electron chi connectivity index (χ3n) is 3.80. The molecular formula is C15H20N2O2. The SMILES string of the molecule is COc1ccc2c(c1)cc(C1CCNCCO1)n2C. The van der Waals surface area contributed by atoms with Crippen LogP contribution in [0.2, 0.25) is 0 Å². The molecule has 0 aliphatic carbocycles. The lowest BCUT2D eigenvalue weighted by atomic mass is 10.1. The molecule has 2 aromatic rings. The van der Waals surface area contributed by atoms with Gasteiger partial charge in [0.15, 0.2) is 0 Å². The number of nitrogens with zero attached hydrogens (tertiary/aromatic N) is 1. The number of benzene rings is 1. The number of aromatic nitrogens is 1. The fourth-order valence-electron chi connectivity index (χ4n) is 2.73. The van der Waals surface area contributed by atoms with Gasteiger partial charge in [0.2, 0.25) is 0 Å². The van der Waals surface area contributed by atoms with Crippen LogP contribution in [0.4, 0.5) is 0 Å². The zero-order valence-corrected chi connectivity index (χ0v) is 11.5. The first-order valence-corrected chi connectivity index (χ1v) is 6.75. The topological polar surface area (TPSA) is 35.4 Å². The Bertz CT molecular complexity index is 569. The zero-order valence-electron chi connectivity index (χ0n) is 11.5. The van der Waals surface area contributed by atoms with Crippen molar-refractivity contribution in [2.24, 2.45) is 7.05 Å². The fraction of sp³-hybridized carbons (Fsp3) is 0.467. The van der Waals surface area contributed by atoms with Gasteiger partial charge in [-0.25, -0.2) is 0 Å². The third-order valence-corrected chi connectivity index (χ3v) is 3.80. The van der Waals surface area contributed by atoms with E-state index < -0.39 is 0 Å². The molecule has 0 radical (unpaired) electrons. The molecule has 0 bridgehead atoms. The normalized spacial score (nSPS) is 20.4. The average Bonchev–Trinajstić information content (AvgIpc) is 2.64. The molecule has 0 amide bonds. The Labute approximate surface area is 113 Å². The van der Waals surface area contributed by atoms with Gasteiger partial charge in [-0.15, -0.1) is 0 Å². The minimum atomic E-state index is 0.179. The summed E-state index contributed by atoms with van der Waals surface area (Å²) in [4.78, 5) is 0. The summed E-state index contributed by atoms with van der Waals surface area (Å²) in [6, 6.07) is 8.40. The minimum absolute atomic E-state index is 0.179. The number of rotatable bonds is 2. The lowest BCUT2D eigenvalue weighted by molar-refractivity contribution is 0.0597. The second-order valence-corrected chi connectivity index (χ2v) is 4.95. The first kappa shape index (κ1) is 12.5. The molecule has 1 aromatic carbocycles. The summed E-state index contributed by atoms with van der Waals surface area (Å²) in [6.45, 7) is 2.72. The Balaban J connectivity index is 2.00. The molecule has 4 nitrogen and oxygen atoms in total. The molecule has 3 rings (SSSR count). The van der Waals surface area contributed by atoms with Crippen LogP contribution in [-0.4, -0.2) is 31.4 Å². The van der Waals surface area contributed by atoms with E-state index in [2.05, 4.69) is 35.1 Å². The molecule has 4 heteroatoms. The molecular weight excluding hydrogens is 240 g/mol. The van der Waals surface area contributed by atoms with Crippen molar-refractivity contribution in [2.75, 3.05) is 26.8 Å². The number of aryl methyl sites for hydroxylation is 1. The van der Waals surface area contributed by atoms with E-state index in [1.807, 2.05) is 6.07 Å². The summed E-state index contributed by atoms with van der Waals surface area (Å²) in [5, 5.41) is 4.57. The van der Waals surface area contributed by atoms with Gasteiger partial charge < -0.3 is 19.4 Å². The Kier molecular flexibility index (Phi) is 3.44. The smallest absolute Gasteiger partial charge is 0.119 e. The maximum atomic E-state index is 5.94. The predicted molar refractivity (Wildman–Crippen MR) is 75.7 cm³/mol. The van der Waals surface area contributed by atoms with Crippen molar-refractivity contribution in [3.05, 3.63) is 30.0 Å². The van der Waals surface area contributed by atoms with Crippen LogP contribution in [0.5, 0.6) is 5.75 Å². The lowest BCUT2D eigenvalue weighted by Crippen LogP contribution is -2.16. The van der Waals surface area contributed by atoms with Gasteiger partial charge in [-0.05, 0) is 37.2 Å². The molecule has 19 heavy (non-hydrogen) atoms. The van der Waals surface area contributed by atoms with E-state index in [0.29, 0.717) is 0 Å². The van der Waals surface area contributed by atoms with Gasteiger partial charge in [0.1, 0.15) is 5.75 Å². The van der Waals surface area contributed by atoms with Crippen LogP contribution in [0, 0.1) is 0 Å². The Morgan fingerprint density at radius 2 is 2.21 bits per heavy atom. The molecule has 0 spiro atoms. The molecule has 102 valence electrons. The highest BCUT2D eigenvalue weighted by Gasteiger charge is 2.19. The summed E-state index contributed by atoms with van der Waals surface area (Å²) >= 11 is 0. The molecule has 2 heterocycles. The molecule has 1 N–H and O–H groups in total. The van der Waals surface area contributed by atoms with Crippen molar-refractivity contribution in [1.82, 2.24) is 9.88 Å². The van der Waals surface area contributed by atoms with Gasteiger partial charge >= 0.3 is 0 Å². The summed E-state index contributed by atoms with van der Waals surface area (Å²) < 4.78 is 13.5. The first-order chi connectivity index (χ1) is 9.29. The van der Waals surface area contributed by atoms with Gasteiger partial charge in [0.05, 0.1) is 19.8 Å². The van der Waals surface area contributed by atoms with Crippen LogP contribution in [0.25, 0.3) is 10.9 Å². The van der Waals surface area contributed by atoms with Crippen LogP contribution in [0.1, 0.15) is 18.2 Å². The van der Waals surface area contributed by atoms with Crippen LogP contribution in [0.3, 0.4) is 0 Å². The number of hydrogen-bond acceptors (Lipinski definition) is 3. The fourth-order valence-corrected chi connectivity index (χ4v) is 2.73. The number of ether oxygens (including phenoxy) is 2. The summed E-state index contributed by atoms with van der Waals surface area (Å²) in [5.74, 6) is 0.896. The molecule has 0 saturated carbocycles. The molecule has 1 saturated heterocycles. The monoisotopic (exact) mass is 260 g/mol. The largest absolute Gasteiger partial charge is 0.497 e. The van der Waals surface area contributed by atoms with Crippen LogP contribution < -0.4 is 10.1 Å². The quantitative estimate of drug-likeness (QED) is 0.899. The molecule has 1 aliphatic heterocycles. The van der Waals surface area contributed by atoms with Crippen LogP contribution in [0.15, 0.2) is 24.3 Å². The molecule has 1 unspecified atom stereocenters. The van der Waals surface area contributed by atoms with Gasteiger partial charge in [0, 0.05) is 30.2 Å². The Morgan fingerprint density at radius 1 is 1.32 bits per heavy atom. The first-order valence-electron chi connectivity index (χ1n) is 6.75. The molecule has 1 fully saturated rings. The van der Waals surface area contributed by atoms with Crippen molar-refractivity contribution in [3.63, 3.8) is 0 Å². The van der Waals surface area contributed by atoms with Crippen molar-refractivity contribution >= 4 is 10.9 Å². The van der Waals surface area contributed by atoms with E-state index in [-0.39, 0.29) is 6.10 Å². The van der Waals surface area contributed by atoms with E-state index in [0.717, 1.165) is 31.9 Å². The maximum Gasteiger partial charge on any atom is 0.119 e. The molecule has 1 aliphatic rings. The molecule has 1 atom stereocenters. The highest BCUT2D eigenvalue weighted by Crippen LogP contribution is 2.30. The number of hydrogen-bond donors (Lipinski definition) is 1. The predicted octanol–water partition coefficient (Wildman–Crippen LogP) is 2.24. The highest BCUT2D eigenvalue weighted by molar-refractivity contribution is 5.83. The molecule has 1 aromatic heterocycles. The van der Waals surface area contributed by atoms with E-state index in [1.54, 1.807) is 7.11 Å². The van der Waals surface area contributed by atoms with Crippen LogP contribution in [-0.2, 0) is 11.8 Å². The maximum absolute atomic E-state index is 5.94. The number of methoxy groups -OCH3 is 1. The van der Waals surface area contributed by atoms with Crippen molar-refractivity contribution < 1.29 is 9.47 Å². The zero-order chi connectivity index (χ0) is 13.2. The van der Waals surface area contributed by atoms with E-state index in [9.17, 15) is 0 Å². The van der Waals surface area contributed by atoms with Gasteiger partial charge in [-0.2, -0.15) is 0 Å². The second kappa shape index (κ2) is 5.23. The van der Waals surface area contributed by atoms with Crippen LogP contribution >= 0.6 is 0 Å². The van der Waals surface area contributed by atoms with Gasteiger partial charge in [-0.3, -0.25) is 0 Å². The van der Waals surface area contributed by atoms with Crippen molar-refractivity contribution in [2.45, 2.75) is 12.5 Å². The summed E-state index contributed by atoms with van der Waals surface area (Å²) in [7, 11) is 3.80. The van der Waals surface area contributed by atoms with E-state index in [4.69, 9.17) is 9.47 Å². The highest BCUT2D eigenvalue weighted by atomic mass is 16.5. The lowest BCUT2D eigenvalue weighted by Gasteiger charge is -2.15. The van der Waals surface area contributed by atoms with Gasteiger partial charge in [-0.1, -0.05) is 0 Å². The van der Waals surface area contributed by atoms with Crippen molar-refractivity contribution in [1.29, 1.82) is 0 Å². The number of nitrogens with one attached hydrogen (secondary N) is 1. The Morgan fingerprint density at radius 3 is 3.05 bits per heavy atom. The number of fused-ring (bicyclic) bond motifs is 1. The average molecular weight is 260 g/mol. The Hall–Kier alpha value is -1.52. The standard InChI is InChI=1S/C15H20N2O2/c1-17-13-4-3-12(18-2)9-11(13)10-14(17)15-5-6-16-7-8-19-15/h3-4,9-10,15-16H,5-8H2,1-2H3. The van der Waals surface area contributed by atoms with E-state index in [1.165, 1.54) is 16.6 Å². The summed E-state index contributed by atoms with van der Waals surface area (Å²) in [6.07, 6.45) is 1.19. The van der Waals surface area contributed by atoms with E-state index >= 15 is 0 Å². The van der Waals surface area contributed by atoms with Gasteiger partial charge in [0.25, 0.3) is 0 Å².